The molecule has 0 atom stereocenters. The number of carbonyl (C=O) groups excluding carboxylic acids is 1. The number of ether oxygens (including phenoxy) is 1. The Bertz CT molecular complexity index is 337. The standard InChI is InChI=1S/C17H35N3O2/c1-16(2,3)20-12-8-14(9-13-20)18-10-7-11-19-15(21)22-17(4,5)6/h14,18H,7-13H2,1-6H3,(H,19,21). The molecule has 0 aromatic heterocycles. The summed E-state index contributed by atoms with van der Waals surface area (Å²) in [6.07, 6.45) is 3.01. The van der Waals surface area contributed by atoms with E-state index in [2.05, 4.69) is 36.3 Å². The molecule has 5 heteroatoms. The Hall–Kier alpha value is -0.810. The highest BCUT2D eigenvalue weighted by Gasteiger charge is 2.26. The predicted molar refractivity (Wildman–Crippen MR) is 91.2 cm³/mol. The third kappa shape index (κ3) is 7.99. The van der Waals surface area contributed by atoms with Crippen LogP contribution in [0.1, 0.15) is 60.8 Å². The summed E-state index contributed by atoms with van der Waals surface area (Å²) in [4.78, 5) is 14.0. The highest BCUT2D eigenvalue weighted by molar-refractivity contribution is 5.67. The van der Waals surface area contributed by atoms with E-state index in [0.717, 1.165) is 26.1 Å². The molecule has 130 valence electrons. The maximum atomic E-state index is 11.5. The van der Waals surface area contributed by atoms with Crippen molar-refractivity contribution in [3.63, 3.8) is 0 Å². The van der Waals surface area contributed by atoms with Gasteiger partial charge in [-0.15, -0.1) is 0 Å². The second kappa shape index (κ2) is 8.16. The zero-order chi connectivity index (χ0) is 16.8. The average molecular weight is 313 g/mol. The quantitative estimate of drug-likeness (QED) is 0.766. The SMILES string of the molecule is CC(C)(C)OC(=O)NCCCNC1CCN(C(C)(C)C)CC1. The van der Waals surface area contributed by atoms with Gasteiger partial charge in [-0.3, -0.25) is 4.90 Å². The number of hydrogen-bond donors (Lipinski definition) is 2. The first kappa shape index (κ1) is 19.2. The lowest BCUT2D eigenvalue weighted by atomic mass is 9.98. The maximum Gasteiger partial charge on any atom is 0.407 e. The molecule has 1 amide bonds. The molecule has 2 N–H and O–H groups in total. The van der Waals surface area contributed by atoms with E-state index in [4.69, 9.17) is 4.74 Å². The number of amides is 1. The van der Waals surface area contributed by atoms with Crippen LogP contribution in [0.2, 0.25) is 0 Å². The lowest BCUT2D eigenvalue weighted by Gasteiger charge is -2.41. The van der Waals surface area contributed by atoms with Gasteiger partial charge in [0, 0.05) is 31.2 Å². The van der Waals surface area contributed by atoms with Crippen LogP contribution >= 0.6 is 0 Å². The Morgan fingerprint density at radius 1 is 1.09 bits per heavy atom. The van der Waals surface area contributed by atoms with E-state index in [1.807, 2.05) is 20.8 Å². The molecule has 22 heavy (non-hydrogen) atoms. The molecule has 1 aliphatic rings. The summed E-state index contributed by atoms with van der Waals surface area (Å²) in [5, 5.41) is 6.39. The van der Waals surface area contributed by atoms with Crippen LogP contribution in [0.25, 0.3) is 0 Å². The summed E-state index contributed by atoms with van der Waals surface area (Å²) in [6.45, 7) is 16.4. The van der Waals surface area contributed by atoms with Crippen molar-refractivity contribution in [3.8, 4) is 0 Å². The number of carbonyl (C=O) groups is 1. The minimum atomic E-state index is -0.427. The van der Waals surface area contributed by atoms with Gasteiger partial charge in [0.25, 0.3) is 0 Å². The highest BCUT2D eigenvalue weighted by atomic mass is 16.6. The third-order valence-corrected chi connectivity index (χ3v) is 3.90. The number of rotatable bonds is 5. The summed E-state index contributed by atoms with van der Waals surface area (Å²) < 4.78 is 5.20. The summed E-state index contributed by atoms with van der Waals surface area (Å²) in [5.41, 5.74) is -0.147. The molecule has 0 saturated carbocycles. The Balaban J connectivity index is 2.06. The lowest BCUT2D eigenvalue weighted by molar-refractivity contribution is 0.0527. The number of hydrogen-bond acceptors (Lipinski definition) is 4. The number of nitrogens with one attached hydrogen (secondary N) is 2. The minimum Gasteiger partial charge on any atom is -0.444 e. The van der Waals surface area contributed by atoms with E-state index in [1.54, 1.807) is 0 Å². The first-order valence-corrected chi connectivity index (χ1v) is 8.53. The van der Waals surface area contributed by atoms with Crippen molar-refractivity contribution in [2.45, 2.75) is 78.0 Å². The molecule has 1 rings (SSSR count). The normalized spacial score (nSPS) is 18.3. The Morgan fingerprint density at radius 3 is 2.18 bits per heavy atom. The van der Waals surface area contributed by atoms with E-state index in [1.165, 1.54) is 12.8 Å². The molecule has 1 fully saturated rings. The largest absolute Gasteiger partial charge is 0.444 e. The van der Waals surface area contributed by atoms with E-state index in [0.29, 0.717) is 12.6 Å². The molecule has 0 unspecified atom stereocenters. The van der Waals surface area contributed by atoms with E-state index >= 15 is 0 Å². The van der Waals surface area contributed by atoms with Gasteiger partial charge in [-0.05, 0) is 67.3 Å². The van der Waals surface area contributed by atoms with Gasteiger partial charge >= 0.3 is 6.09 Å². The van der Waals surface area contributed by atoms with Gasteiger partial charge in [0.1, 0.15) is 5.60 Å². The van der Waals surface area contributed by atoms with Crippen molar-refractivity contribution in [2.24, 2.45) is 0 Å². The van der Waals surface area contributed by atoms with Gasteiger partial charge in [0.15, 0.2) is 0 Å². The Kier molecular flexibility index (Phi) is 7.13. The van der Waals surface area contributed by atoms with Gasteiger partial charge in [0.2, 0.25) is 0 Å². The molecular weight excluding hydrogens is 278 g/mol. The lowest BCUT2D eigenvalue weighted by Crippen LogP contribution is -2.50. The number of likely N-dealkylation sites (tertiary alicyclic amines) is 1. The molecule has 1 saturated heterocycles. The molecule has 0 radical (unpaired) electrons. The first-order valence-electron chi connectivity index (χ1n) is 8.53. The predicted octanol–water partition coefficient (Wildman–Crippen LogP) is 2.75. The summed E-state index contributed by atoms with van der Waals surface area (Å²) in [5.74, 6) is 0. The fourth-order valence-electron chi connectivity index (χ4n) is 2.65. The zero-order valence-corrected chi connectivity index (χ0v) is 15.3. The van der Waals surface area contributed by atoms with Gasteiger partial charge in [-0.1, -0.05) is 0 Å². The molecule has 5 nitrogen and oxygen atoms in total. The minimum absolute atomic E-state index is 0.280. The molecule has 1 aliphatic heterocycles. The van der Waals surface area contributed by atoms with Crippen molar-refractivity contribution in [3.05, 3.63) is 0 Å². The highest BCUT2D eigenvalue weighted by Crippen LogP contribution is 2.19. The average Bonchev–Trinajstić information content (AvgIpc) is 2.35. The van der Waals surface area contributed by atoms with Gasteiger partial charge in [-0.2, -0.15) is 0 Å². The van der Waals surface area contributed by atoms with Crippen molar-refractivity contribution in [1.82, 2.24) is 15.5 Å². The van der Waals surface area contributed by atoms with Crippen molar-refractivity contribution in [1.29, 1.82) is 0 Å². The van der Waals surface area contributed by atoms with Crippen LogP contribution in [0.15, 0.2) is 0 Å². The van der Waals surface area contributed by atoms with Crippen LogP contribution in [-0.4, -0.2) is 54.4 Å². The van der Waals surface area contributed by atoms with Crippen LogP contribution in [-0.2, 0) is 4.74 Å². The first-order chi connectivity index (χ1) is 10.1. The molecule has 0 aromatic rings. The monoisotopic (exact) mass is 313 g/mol. The van der Waals surface area contributed by atoms with E-state index in [9.17, 15) is 4.79 Å². The van der Waals surface area contributed by atoms with Gasteiger partial charge in [0.05, 0.1) is 0 Å². The topological polar surface area (TPSA) is 53.6 Å². The molecule has 0 spiro atoms. The van der Waals surface area contributed by atoms with E-state index in [-0.39, 0.29) is 11.6 Å². The van der Waals surface area contributed by atoms with Crippen molar-refractivity contribution < 1.29 is 9.53 Å². The van der Waals surface area contributed by atoms with Gasteiger partial charge < -0.3 is 15.4 Å². The molecule has 0 aromatic carbocycles. The maximum absolute atomic E-state index is 11.5. The second-order valence-electron chi connectivity index (χ2n) is 8.17. The zero-order valence-electron chi connectivity index (χ0n) is 15.3. The fraction of sp³-hybridized carbons (Fsp3) is 0.941. The molecule has 0 bridgehead atoms. The fourth-order valence-corrected chi connectivity index (χ4v) is 2.65. The van der Waals surface area contributed by atoms with Crippen LogP contribution in [0.4, 0.5) is 4.79 Å². The molecule has 0 aliphatic carbocycles. The summed E-state index contributed by atoms with van der Waals surface area (Å²) in [7, 11) is 0. The Labute approximate surface area is 136 Å². The van der Waals surface area contributed by atoms with Crippen LogP contribution in [0, 0.1) is 0 Å². The van der Waals surface area contributed by atoms with Crippen molar-refractivity contribution >= 4 is 6.09 Å². The number of piperidine rings is 1. The van der Waals surface area contributed by atoms with Gasteiger partial charge in [-0.25, -0.2) is 4.79 Å². The second-order valence-corrected chi connectivity index (χ2v) is 8.17. The molecular formula is C17H35N3O2. The number of nitrogens with zero attached hydrogens (tertiary/aromatic N) is 1. The molecule has 1 heterocycles. The summed E-state index contributed by atoms with van der Waals surface area (Å²) >= 11 is 0. The third-order valence-electron chi connectivity index (χ3n) is 3.90. The smallest absolute Gasteiger partial charge is 0.407 e. The van der Waals surface area contributed by atoms with Crippen LogP contribution in [0.3, 0.4) is 0 Å². The Morgan fingerprint density at radius 2 is 1.68 bits per heavy atom. The number of alkyl carbamates (subject to hydrolysis) is 1. The van der Waals surface area contributed by atoms with Crippen molar-refractivity contribution in [2.75, 3.05) is 26.2 Å². The van der Waals surface area contributed by atoms with Crippen LogP contribution < -0.4 is 10.6 Å². The summed E-state index contributed by atoms with van der Waals surface area (Å²) in [6, 6.07) is 0.611. The van der Waals surface area contributed by atoms with Crippen LogP contribution in [0.5, 0.6) is 0 Å². The van der Waals surface area contributed by atoms with E-state index < -0.39 is 5.60 Å².